The molecule has 5 nitrogen and oxygen atoms in total. The van der Waals surface area contributed by atoms with Gasteiger partial charge in [-0.25, -0.2) is 14.0 Å². The quantitative estimate of drug-likeness (QED) is 0.839. The Morgan fingerprint density at radius 2 is 2.09 bits per heavy atom. The number of nitrogens with one attached hydrogen (secondary N) is 2. The van der Waals surface area contributed by atoms with Gasteiger partial charge in [-0.2, -0.15) is 0 Å². The van der Waals surface area contributed by atoms with Crippen molar-refractivity contribution in [2.75, 3.05) is 0 Å². The largest absolute Gasteiger partial charge is 0.459 e. The van der Waals surface area contributed by atoms with E-state index in [1.54, 1.807) is 20.8 Å². The van der Waals surface area contributed by atoms with Crippen LogP contribution in [0.25, 0.3) is 0 Å². The summed E-state index contributed by atoms with van der Waals surface area (Å²) in [7, 11) is 0. The molecule has 1 aromatic rings. The number of hydrogen-bond acceptors (Lipinski definition) is 3. The molecule has 7 heteroatoms. The molecule has 2 amide bonds. The summed E-state index contributed by atoms with van der Waals surface area (Å²) >= 11 is 6.05. The Morgan fingerprint density at radius 3 is 2.68 bits per heavy atom. The van der Waals surface area contributed by atoms with Crippen LogP contribution >= 0.6 is 11.6 Å². The molecular weight excluding hydrogens is 311 g/mol. The Bertz CT molecular complexity index is 638. The number of halogens is 2. The molecule has 1 unspecified atom stereocenters. The minimum Gasteiger partial charge on any atom is -0.459 e. The highest BCUT2D eigenvalue weighted by molar-refractivity contribution is 6.31. The zero-order valence-electron chi connectivity index (χ0n) is 12.4. The lowest BCUT2D eigenvalue weighted by Crippen LogP contribution is -2.45. The molecule has 0 aromatic heterocycles. The van der Waals surface area contributed by atoms with Gasteiger partial charge < -0.3 is 15.4 Å². The molecule has 118 valence electrons. The van der Waals surface area contributed by atoms with Crippen molar-refractivity contribution in [3.05, 3.63) is 45.9 Å². The van der Waals surface area contributed by atoms with E-state index in [4.69, 9.17) is 16.3 Å². The van der Waals surface area contributed by atoms with Gasteiger partial charge in [-0.3, -0.25) is 0 Å². The minimum absolute atomic E-state index is 0.0362. The predicted molar refractivity (Wildman–Crippen MR) is 79.7 cm³/mol. The summed E-state index contributed by atoms with van der Waals surface area (Å²) in [5, 5.41) is 5.12. The van der Waals surface area contributed by atoms with E-state index in [0.29, 0.717) is 5.70 Å². The molecule has 0 saturated carbocycles. The van der Waals surface area contributed by atoms with E-state index in [9.17, 15) is 14.0 Å². The number of urea groups is 1. The van der Waals surface area contributed by atoms with Gasteiger partial charge in [0, 0.05) is 16.3 Å². The fourth-order valence-electron chi connectivity index (χ4n) is 2.24. The molecule has 1 heterocycles. The molecule has 1 aliphatic rings. The molecule has 2 rings (SSSR count). The summed E-state index contributed by atoms with van der Waals surface area (Å²) in [6, 6.07) is 2.62. The highest BCUT2D eigenvalue weighted by Crippen LogP contribution is 2.34. The molecule has 2 N–H and O–H groups in total. The van der Waals surface area contributed by atoms with E-state index in [1.165, 1.54) is 18.2 Å². The third kappa shape index (κ3) is 3.22. The maximum absolute atomic E-state index is 14.2. The van der Waals surface area contributed by atoms with Crippen molar-refractivity contribution in [3.8, 4) is 0 Å². The number of carbonyl (C=O) groups excluding carboxylic acids is 2. The van der Waals surface area contributed by atoms with Crippen LogP contribution in [-0.4, -0.2) is 18.1 Å². The Hall–Kier alpha value is -2.08. The number of esters is 1. The number of amides is 2. The molecular formula is C15H16ClFN2O3. The summed E-state index contributed by atoms with van der Waals surface area (Å²) < 4.78 is 19.3. The molecule has 0 radical (unpaired) electrons. The van der Waals surface area contributed by atoms with Gasteiger partial charge in [-0.15, -0.1) is 0 Å². The zero-order valence-corrected chi connectivity index (χ0v) is 13.1. The number of allylic oxidation sites excluding steroid dienone is 1. The van der Waals surface area contributed by atoms with Gasteiger partial charge in [0.1, 0.15) is 5.82 Å². The third-order valence-corrected chi connectivity index (χ3v) is 3.45. The maximum atomic E-state index is 14.2. The van der Waals surface area contributed by atoms with E-state index in [0.717, 1.165) is 0 Å². The standard InChI is InChI=1S/C15H16ClFN2O3/c1-7(2)22-14(20)11-8(3)18-15(21)19-13(11)12-9(16)5-4-6-10(12)17/h4-7,13H,1-3H3,(H2,18,19,21). The maximum Gasteiger partial charge on any atom is 0.338 e. The summed E-state index contributed by atoms with van der Waals surface area (Å²) in [5.41, 5.74) is 0.466. The highest BCUT2D eigenvalue weighted by Gasteiger charge is 2.35. The fraction of sp³-hybridized carbons (Fsp3) is 0.333. The Labute approximate surface area is 132 Å². The average Bonchev–Trinajstić information content (AvgIpc) is 2.36. The van der Waals surface area contributed by atoms with Crippen LogP contribution in [0.3, 0.4) is 0 Å². The molecule has 22 heavy (non-hydrogen) atoms. The van der Waals surface area contributed by atoms with Crippen molar-refractivity contribution in [1.82, 2.24) is 10.6 Å². The molecule has 0 saturated heterocycles. The van der Waals surface area contributed by atoms with Gasteiger partial charge in [-0.1, -0.05) is 17.7 Å². The normalized spacial score (nSPS) is 18.1. The first-order valence-corrected chi connectivity index (χ1v) is 7.12. The van der Waals surface area contributed by atoms with Gasteiger partial charge >= 0.3 is 12.0 Å². The van der Waals surface area contributed by atoms with Crippen LogP contribution < -0.4 is 10.6 Å². The second-order valence-electron chi connectivity index (χ2n) is 5.16. The molecule has 0 aliphatic carbocycles. The lowest BCUT2D eigenvalue weighted by Gasteiger charge is -2.29. The van der Waals surface area contributed by atoms with Crippen LogP contribution in [0.5, 0.6) is 0 Å². The van der Waals surface area contributed by atoms with Gasteiger partial charge in [0.2, 0.25) is 0 Å². The smallest absolute Gasteiger partial charge is 0.338 e. The first-order chi connectivity index (χ1) is 10.3. The molecule has 1 atom stereocenters. The van der Waals surface area contributed by atoms with Crippen molar-refractivity contribution in [1.29, 1.82) is 0 Å². The van der Waals surface area contributed by atoms with Crippen molar-refractivity contribution in [2.45, 2.75) is 32.9 Å². The van der Waals surface area contributed by atoms with Crippen LogP contribution in [0.4, 0.5) is 9.18 Å². The molecule has 1 aliphatic heterocycles. The fourth-order valence-corrected chi connectivity index (χ4v) is 2.52. The van der Waals surface area contributed by atoms with Gasteiger partial charge in [-0.05, 0) is 32.9 Å². The zero-order chi connectivity index (χ0) is 16.4. The molecule has 0 bridgehead atoms. The van der Waals surface area contributed by atoms with E-state index < -0.39 is 23.9 Å². The number of benzene rings is 1. The summed E-state index contributed by atoms with van der Waals surface area (Å²) in [6.07, 6.45) is -0.345. The van der Waals surface area contributed by atoms with Crippen molar-refractivity contribution < 1.29 is 18.7 Å². The van der Waals surface area contributed by atoms with Gasteiger partial charge in [0.15, 0.2) is 0 Å². The Kier molecular flexibility index (Phi) is 4.71. The van der Waals surface area contributed by atoms with E-state index in [1.807, 2.05) is 0 Å². The topological polar surface area (TPSA) is 67.4 Å². The number of ether oxygens (including phenoxy) is 1. The van der Waals surface area contributed by atoms with Crippen LogP contribution in [0.1, 0.15) is 32.4 Å². The van der Waals surface area contributed by atoms with Crippen LogP contribution in [0, 0.1) is 5.82 Å². The van der Waals surface area contributed by atoms with Crippen LogP contribution in [-0.2, 0) is 9.53 Å². The van der Waals surface area contributed by atoms with Crippen LogP contribution in [0.15, 0.2) is 29.5 Å². The van der Waals surface area contributed by atoms with Crippen LogP contribution in [0.2, 0.25) is 5.02 Å². The monoisotopic (exact) mass is 326 g/mol. The molecule has 0 spiro atoms. The molecule has 1 aromatic carbocycles. The number of carbonyl (C=O) groups is 2. The Balaban J connectivity index is 2.53. The molecule has 0 fully saturated rings. The SMILES string of the molecule is CC1=C(C(=O)OC(C)C)C(c2c(F)cccc2Cl)NC(=O)N1. The lowest BCUT2D eigenvalue weighted by atomic mass is 9.95. The van der Waals surface area contributed by atoms with Crippen molar-refractivity contribution in [3.63, 3.8) is 0 Å². The number of rotatable bonds is 3. The van der Waals surface area contributed by atoms with Gasteiger partial charge in [0.25, 0.3) is 0 Å². The summed E-state index contributed by atoms with van der Waals surface area (Å²) in [6.45, 7) is 4.96. The second kappa shape index (κ2) is 6.36. The first-order valence-electron chi connectivity index (χ1n) is 6.74. The minimum atomic E-state index is -1.01. The van der Waals surface area contributed by atoms with E-state index in [2.05, 4.69) is 10.6 Å². The highest BCUT2D eigenvalue weighted by atomic mass is 35.5. The van der Waals surface area contributed by atoms with Gasteiger partial charge in [0.05, 0.1) is 17.7 Å². The Morgan fingerprint density at radius 1 is 1.41 bits per heavy atom. The van der Waals surface area contributed by atoms with Crippen molar-refractivity contribution >= 4 is 23.6 Å². The summed E-state index contributed by atoms with van der Waals surface area (Å²) in [4.78, 5) is 24.0. The predicted octanol–water partition coefficient (Wildman–Crippen LogP) is 3.06. The number of hydrogen-bond donors (Lipinski definition) is 2. The average molecular weight is 327 g/mol. The van der Waals surface area contributed by atoms with E-state index in [-0.39, 0.29) is 22.3 Å². The van der Waals surface area contributed by atoms with E-state index >= 15 is 0 Å². The summed E-state index contributed by atoms with van der Waals surface area (Å²) in [5.74, 6) is -1.24. The first kappa shape index (κ1) is 16.3. The lowest BCUT2D eigenvalue weighted by molar-refractivity contribution is -0.143. The third-order valence-electron chi connectivity index (χ3n) is 3.12. The van der Waals surface area contributed by atoms with Crippen molar-refractivity contribution in [2.24, 2.45) is 0 Å². The second-order valence-corrected chi connectivity index (χ2v) is 5.57.